The lowest BCUT2D eigenvalue weighted by Gasteiger charge is -2.18. The van der Waals surface area contributed by atoms with E-state index in [1.165, 1.54) is 6.20 Å². The number of ether oxygens (including phenoxy) is 1. The van der Waals surface area contributed by atoms with Crippen molar-refractivity contribution in [1.29, 1.82) is 0 Å². The molecule has 1 aromatic heterocycles. The van der Waals surface area contributed by atoms with Gasteiger partial charge in [0.15, 0.2) is 0 Å². The van der Waals surface area contributed by atoms with Gasteiger partial charge in [0.25, 0.3) is 0 Å². The quantitative estimate of drug-likeness (QED) is 0.908. The average molecular weight is 274 g/mol. The summed E-state index contributed by atoms with van der Waals surface area (Å²) in [6.45, 7) is 3.97. The summed E-state index contributed by atoms with van der Waals surface area (Å²) in [5, 5.41) is 3.13. The standard InChI is InChI=1S/C16H19FN2O/c1-11(2)20-13-6-4-12(5-7-13)16(18-3)14-8-9-19-10-15(14)17/h4-11,16,18H,1-3H3. The van der Waals surface area contributed by atoms with E-state index in [-0.39, 0.29) is 18.0 Å². The molecule has 2 aromatic rings. The Hall–Kier alpha value is -1.94. The minimum Gasteiger partial charge on any atom is -0.491 e. The maximum atomic E-state index is 13.8. The van der Waals surface area contributed by atoms with Gasteiger partial charge in [-0.05, 0) is 44.7 Å². The molecular weight excluding hydrogens is 255 g/mol. The second-order valence-electron chi connectivity index (χ2n) is 4.85. The smallest absolute Gasteiger partial charge is 0.146 e. The second-order valence-corrected chi connectivity index (χ2v) is 4.85. The molecule has 0 bridgehead atoms. The largest absolute Gasteiger partial charge is 0.491 e. The van der Waals surface area contributed by atoms with Crippen LogP contribution in [-0.4, -0.2) is 18.1 Å². The molecule has 0 amide bonds. The normalized spacial score (nSPS) is 12.4. The van der Waals surface area contributed by atoms with Crippen LogP contribution in [0.5, 0.6) is 5.75 Å². The van der Waals surface area contributed by atoms with Crippen LogP contribution in [0.15, 0.2) is 42.7 Å². The van der Waals surface area contributed by atoms with E-state index in [9.17, 15) is 4.39 Å². The van der Waals surface area contributed by atoms with Crippen LogP contribution in [0.2, 0.25) is 0 Å². The van der Waals surface area contributed by atoms with E-state index in [0.29, 0.717) is 5.56 Å². The van der Waals surface area contributed by atoms with Crippen LogP contribution in [0.25, 0.3) is 0 Å². The summed E-state index contributed by atoms with van der Waals surface area (Å²) in [6, 6.07) is 9.18. The van der Waals surface area contributed by atoms with Crippen molar-refractivity contribution < 1.29 is 9.13 Å². The molecule has 0 radical (unpaired) electrons. The summed E-state index contributed by atoms with van der Waals surface area (Å²) < 4.78 is 19.4. The lowest BCUT2D eigenvalue weighted by molar-refractivity contribution is 0.242. The van der Waals surface area contributed by atoms with Crippen LogP contribution in [0.4, 0.5) is 4.39 Å². The van der Waals surface area contributed by atoms with Crippen LogP contribution < -0.4 is 10.1 Å². The van der Waals surface area contributed by atoms with Gasteiger partial charge < -0.3 is 10.1 Å². The summed E-state index contributed by atoms with van der Waals surface area (Å²) in [7, 11) is 1.81. The molecule has 1 aromatic carbocycles. The average Bonchev–Trinajstić information content (AvgIpc) is 2.43. The topological polar surface area (TPSA) is 34.1 Å². The molecule has 2 rings (SSSR count). The minimum absolute atomic E-state index is 0.138. The Morgan fingerprint density at radius 2 is 1.85 bits per heavy atom. The van der Waals surface area contributed by atoms with E-state index in [1.54, 1.807) is 12.3 Å². The molecule has 0 spiro atoms. The van der Waals surface area contributed by atoms with Gasteiger partial charge in [0, 0.05) is 11.8 Å². The van der Waals surface area contributed by atoms with Gasteiger partial charge >= 0.3 is 0 Å². The molecule has 4 heteroatoms. The SMILES string of the molecule is CNC(c1ccc(OC(C)C)cc1)c1ccncc1F. The Balaban J connectivity index is 2.26. The van der Waals surface area contributed by atoms with Crippen molar-refractivity contribution in [2.24, 2.45) is 0 Å². The fourth-order valence-electron chi connectivity index (χ4n) is 2.13. The van der Waals surface area contributed by atoms with Crippen LogP contribution in [-0.2, 0) is 0 Å². The lowest BCUT2D eigenvalue weighted by atomic mass is 9.99. The third-order valence-electron chi connectivity index (χ3n) is 2.99. The molecule has 1 unspecified atom stereocenters. The van der Waals surface area contributed by atoms with Crippen molar-refractivity contribution in [3.63, 3.8) is 0 Å². The predicted octanol–water partition coefficient (Wildman–Crippen LogP) is 3.32. The number of nitrogens with zero attached hydrogens (tertiary/aromatic N) is 1. The maximum absolute atomic E-state index is 13.8. The molecule has 3 nitrogen and oxygen atoms in total. The Bertz CT molecular complexity index is 555. The summed E-state index contributed by atoms with van der Waals surface area (Å²) >= 11 is 0. The van der Waals surface area contributed by atoms with Gasteiger partial charge in [-0.25, -0.2) is 4.39 Å². The summed E-state index contributed by atoms with van der Waals surface area (Å²) in [5.41, 5.74) is 1.56. The van der Waals surface area contributed by atoms with Gasteiger partial charge in [0.05, 0.1) is 18.3 Å². The molecule has 0 saturated carbocycles. The van der Waals surface area contributed by atoms with E-state index >= 15 is 0 Å². The van der Waals surface area contributed by atoms with Gasteiger partial charge in [0.1, 0.15) is 11.6 Å². The van der Waals surface area contributed by atoms with Gasteiger partial charge in [-0.3, -0.25) is 4.98 Å². The lowest BCUT2D eigenvalue weighted by Crippen LogP contribution is -2.19. The third-order valence-corrected chi connectivity index (χ3v) is 2.99. The second kappa shape index (κ2) is 6.48. The molecule has 0 aliphatic heterocycles. The molecule has 0 saturated heterocycles. The van der Waals surface area contributed by atoms with Crippen molar-refractivity contribution in [3.8, 4) is 5.75 Å². The van der Waals surface area contributed by atoms with E-state index in [0.717, 1.165) is 11.3 Å². The number of hydrogen-bond donors (Lipinski definition) is 1. The van der Waals surface area contributed by atoms with E-state index in [4.69, 9.17) is 4.74 Å². The van der Waals surface area contributed by atoms with Gasteiger partial charge in [-0.1, -0.05) is 12.1 Å². The Morgan fingerprint density at radius 1 is 1.15 bits per heavy atom. The molecule has 0 fully saturated rings. The molecule has 1 heterocycles. The van der Waals surface area contributed by atoms with Gasteiger partial charge in [-0.2, -0.15) is 0 Å². The summed E-state index contributed by atoms with van der Waals surface area (Å²) in [6.07, 6.45) is 2.97. The highest BCUT2D eigenvalue weighted by atomic mass is 19.1. The van der Waals surface area contributed by atoms with Gasteiger partial charge in [0.2, 0.25) is 0 Å². The van der Waals surface area contributed by atoms with E-state index in [1.807, 2.05) is 45.2 Å². The van der Waals surface area contributed by atoms with Crippen LogP contribution in [0.1, 0.15) is 31.0 Å². The van der Waals surface area contributed by atoms with Crippen LogP contribution in [0.3, 0.4) is 0 Å². The van der Waals surface area contributed by atoms with Crippen molar-refractivity contribution >= 4 is 0 Å². The minimum atomic E-state index is -0.311. The Morgan fingerprint density at radius 3 is 2.40 bits per heavy atom. The molecule has 1 atom stereocenters. The van der Waals surface area contributed by atoms with E-state index in [2.05, 4.69) is 10.3 Å². The van der Waals surface area contributed by atoms with Crippen molar-refractivity contribution in [2.45, 2.75) is 26.0 Å². The number of aromatic nitrogens is 1. The first-order valence-corrected chi connectivity index (χ1v) is 6.65. The summed E-state index contributed by atoms with van der Waals surface area (Å²) in [5.74, 6) is 0.503. The highest BCUT2D eigenvalue weighted by Crippen LogP contribution is 2.25. The first-order valence-electron chi connectivity index (χ1n) is 6.65. The fourth-order valence-corrected chi connectivity index (χ4v) is 2.13. The van der Waals surface area contributed by atoms with Crippen molar-refractivity contribution in [1.82, 2.24) is 10.3 Å². The monoisotopic (exact) mass is 274 g/mol. The zero-order valence-corrected chi connectivity index (χ0v) is 11.9. The Kier molecular flexibility index (Phi) is 4.69. The zero-order valence-electron chi connectivity index (χ0n) is 11.9. The first kappa shape index (κ1) is 14.5. The van der Waals surface area contributed by atoms with Gasteiger partial charge in [-0.15, -0.1) is 0 Å². The molecule has 106 valence electrons. The molecular formula is C16H19FN2O. The highest BCUT2D eigenvalue weighted by Gasteiger charge is 2.16. The number of halogens is 1. The van der Waals surface area contributed by atoms with Crippen molar-refractivity contribution in [2.75, 3.05) is 7.05 Å². The number of hydrogen-bond acceptors (Lipinski definition) is 3. The Labute approximate surface area is 118 Å². The number of pyridine rings is 1. The number of nitrogens with one attached hydrogen (secondary N) is 1. The molecule has 0 aliphatic rings. The third kappa shape index (κ3) is 3.33. The number of benzene rings is 1. The maximum Gasteiger partial charge on any atom is 0.146 e. The van der Waals surface area contributed by atoms with Crippen molar-refractivity contribution in [3.05, 3.63) is 59.7 Å². The highest BCUT2D eigenvalue weighted by molar-refractivity contribution is 5.35. The molecule has 20 heavy (non-hydrogen) atoms. The number of rotatable bonds is 5. The zero-order chi connectivity index (χ0) is 14.5. The molecule has 0 aliphatic carbocycles. The summed E-state index contributed by atoms with van der Waals surface area (Å²) in [4.78, 5) is 3.78. The predicted molar refractivity (Wildman–Crippen MR) is 77.3 cm³/mol. The van der Waals surface area contributed by atoms with Crippen LogP contribution >= 0.6 is 0 Å². The van der Waals surface area contributed by atoms with E-state index < -0.39 is 0 Å². The fraction of sp³-hybridized carbons (Fsp3) is 0.312. The van der Waals surface area contributed by atoms with Crippen LogP contribution in [0, 0.1) is 5.82 Å². The molecule has 1 N–H and O–H groups in total. The first-order chi connectivity index (χ1) is 9.61.